The molecule has 0 heterocycles. The molecule has 2 nitrogen and oxygen atoms in total. The van der Waals surface area contributed by atoms with Crippen LogP contribution in [-0.4, -0.2) is 5.91 Å². The third-order valence-electron chi connectivity index (χ3n) is 3.95. The molecule has 0 spiro atoms. The van der Waals surface area contributed by atoms with Crippen molar-refractivity contribution in [3.05, 3.63) is 53.1 Å². The van der Waals surface area contributed by atoms with Crippen molar-refractivity contribution >= 4 is 11.6 Å². The van der Waals surface area contributed by atoms with E-state index in [9.17, 15) is 31.1 Å². The van der Waals surface area contributed by atoms with Gasteiger partial charge in [0.25, 0.3) is 0 Å². The summed E-state index contributed by atoms with van der Waals surface area (Å²) in [6.45, 7) is 4.50. The molecule has 2 aromatic carbocycles. The van der Waals surface area contributed by atoms with E-state index in [1.165, 1.54) is 6.07 Å². The Bertz CT molecular complexity index is 852. The Morgan fingerprint density at radius 2 is 1.33 bits per heavy atom. The molecule has 0 unspecified atom stereocenters. The lowest BCUT2D eigenvalue weighted by Gasteiger charge is -2.20. The zero-order valence-corrected chi connectivity index (χ0v) is 14.7. The second kappa shape index (κ2) is 7.25. The van der Waals surface area contributed by atoms with Crippen molar-refractivity contribution in [3.8, 4) is 11.1 Å². The number of hydrogen-bond donors (Lipinski definition) is 1. The normalized spacial score (nSPS) is 12.4. The van der Waals surface area contributed by atoms with E-state index in [1.54, 1.807) is 13.8 Å². The summed E-state index contributed by atoms with van der Waals surface area (Å²) in [6.07, 6.45) is -9.72. The van der Waals surface area contributed by atoms with Gasteiger partial charge in [-0.05, 0) is 40.8 Å². The standard InChI is InChI=1S/C19H17F6NO/c1-10(2)12-4-6-14(16(8-12)18(20,21)22)15-7-5-13(26-11(3)27)9-17(15)19(23,24)25/h4-10H,1-3H3,(H,26,27). The van der Waals surface area contributed by atoms with Gasteiger partial charge in [-0.1, -0.05) is 32.0 Å². The van der Waals surface area contributed by atoms with E-state index in [0.717, 1.165) is 31.2 Å². The fraction of sp³-hybridized carbons (Fsp3) is 0.316. The maximum atomic E-state index is 13.5. The van der Waals surface area contributed by atoms with Gasteiger partial charge in [0.15, 0.2) is 0 Å². The monoisotopic (exact) mass is 389 g/mol. The highest BCUT2D eigenvalue weighted by Gasteiger charge is 2.38. The minimum Gasteiger partial charge on any atom is -0.326 e. The van der Waals surface area contributed by atoms with E-state index in [0.29, 0.717) is 11.6 Å². The molecule has 0 atom stereocenters. The van der Waals surface area contributed by atoms with Crippen molar-refractivity contribution in [2.75, 3.05) is 5.32 Å². The lowest BCUT2D eigenvalue weighted by Crippen LogP contribution is -2.13. The lowest BCUT2D eigenvalue weighted by atomic mass is 9.90. The van der Waals surface area contributed by atoms with Crippen LogP contribution in [0, 0.1) is 0 Å². The van der Waals surface area contributed by atoms with Gasteiger partial charge in [0.2, 0.25) is 5.91 Å². The van der Waals surface area contributed by atoms with E-state index in [4.69, 9.17) is 0 Å². The minimum atomic E-state index is -4.90. The molecule has 27 heavy (non-hydrogen) atoms. The van der Waals surface area contributed by atoms with Crippen LogP contribution in [-0.2, 0) is 17.1 Å². The highest BCUT2D eigenvalue weighted by atomic mass is 19.4. The number of nitrogens with one attached hydrogen (secondary N) is 1. The van der Waals surface area contributed by atoms with Crippen molar-refractivity contribution in [1.29, 1.82) is 0 Å². The fourth-order valence-electron chi connectivity index (χ4n) is 2.69. The lowest BCUT2D eigenvalue weighted by molar-refractivity contribution is -0.139. The van der Waals surface area contributed by atoms with E-state index < -0.39 is 40.5 Å². The molecule has 0 aromatic heterocycles. The first-order valence-corrected chi connectivity index (χ1v) is 8.01. The zero-order chi connectivity index (χ0) is 20.6. The highest BCUT2D eigenvalue weighted by Crippen LogP contribution is 2.44. The zero-order valence-electron chi connectivity index (χ0n) is 14.7. The Kier molecular flexibility index (Phi) is 5.58. The number of hydrogen-bond acceptors (Lipinski definition) is 1. The summed E-state index contributed by atoms with van der Waals surface area (Å²) in [4.78, 5) is 11.1. The average molecular weight is 389 g/mol. The van der Waals surface area contributed by atoms with E-state index in [-0.39, 0.29) is 11.6 Å². The second-order valence-corrected chi connectivity index (χ2v) is 6.40. The summed E-state index contributed by atoms with van der Waals surface area (Å²) in [5, 5.41) is 2.20. The van der Waals surface area contributed by atoms with Crippen molar-refractivity contribution in [3.63, 3.8) is 0 Å². The Balaban J connectivity index is 2.75. The van der Waals surface area contributed by atoms with E-state index in [1.807, 2.05) is 0 Å². The molecular weight excluding hydrogens is 372 g/mol. The molecule has 0 fully saturated rings. The summed E-state index contributed by atoms with van der Waals surface area (Å²) in [6, 6.07) is 6.03. The van der Waals surface area contributed by atoms with Gasteiger partial charge in [-0.3, -0.25) is 4.79 Å². The molecule has 8 heteroatoms. The largest absolute Gasteiger partial charge is 0.417 e. The number of halogens is 6. The fourth-order valence-corrected chi connectivity index (χ4v) is 2.69. The first-order chi connectivity index (χ1) is 12.3. The number of alkyl halides is 6. The van der Waals surface area contributed by atoms with Gasteiger partial charge in [0, 0.05) is 12.6 Å². The van der Waals surface area contributed by atoms with Crippen molar-refractivity contribution < 1.29 is 31.1 Å². The van der Waals surface area contributed by atoms with Gasteiger partial charge in [-0.2, -0.15) is 26.3 Å². The Hall–Kier alpha value is -2.51. The van der Waals surface area contributed by atoms with Gasteiger partial charge in [-0.15, -0.1) is 0 Å². The van der Waals surface area contributed by atoms with Gasteiger partial charge in [-0.25, -0.2) is 0 Å². The molecule has 2 aromatic rings. The third kappa shape index (κ3) is 4.81. The van der Waals surface area contributed by atoms with Crippen LogP contribution in [0.3, 0.4) is 0 Å². The topological polar surface area (TPSA) is 29.1 Å². The molecule has 1 N–H and O–H groups in total. The van der Waals surface area contributed by atoms with Crippen LogP contribution in [0.15, 0.2) is 36.4 Å². The molecule has 0 saturated heterocycles. The molecule has 0 aliphatic carbocycles. The molecule has 2 rings (SSSR count). The van der Waals surface area contributed by atoms with Gasteiger partial charge >= 0.3 is 12.4 Å². The number of carbonyl (C=O) groups is 1. The predicted molar refractivity (Wildman–Crippen MR) is 90.3 cm³/mol. The van der Waals surface area contributed by atoms with Gasteiger partial charge in [0.05, 0.1) is 11.1 Å². The van der Waals surface area contributed by atoms with Crippen LogP contribution in [0.5, 0.6) is 0 Å². The number of anilines is 1. The van der Waals surface area contributed by atoms with Crippen LogP contribution in [0.25, 0.3) is 11.1 Å². The first kappa shape index (κ1) is 20.8. The molecule has 0 saturated carbocycles. The number of carbonyl (C=O) groups excluding carboxylic acids is 1. The van der Waals surface area contributed by atoms with Crippen LogP contribution in [0.2, 0.25) is 0 Å². The first-order valence-electron chi connectivity index (χ1n) is 8.01. The quantitative estimate of drug-likeness (QED) is 0.599. The van der Waals surface area contributed by atoms with Gasteiger partial charge < -0.3 is 5.32 Å². The molecule has 0 aliphatic heterocycles. The molecule has 0 aliphatic rings. The SMILES string of the molecule is CC(=O)Nc1ccc(-c2ccc(C(C)C)cc2C(F)(F)F)c(C(F)(F)F)c1. The Morgan fingerprint density at radius 3 is 1.78 bits per heavy atom. The smallest absolute Gasteiger partial charge is 0.326 e. The van der Waals surface area contributed by atoms with Crippen molar-refractivity contribution in [1.82, 2.24) is 0 Å². The number of rotatable bonds is 3. The molecular formula is C19H17F6NO. The summed E-state index contributed by atoms with van der Waals surface area (Å²) in [5.74, 6) is -0.808. The van der Waals surface area contributed by atoms with Gasteiger partial charge in [0.1, 0.15) is 0 Å². The highest BCUT2D eigenvalue weighted by molar-refractivity contribution is 5.89. The van der Waals surface area contributed by atoms with Crippen LogP contribution >= 0.6 is 0 Å². The molecule has 1 amide bonds. The second-order valence-electron chi connectivity index (χ2n) is 6.40. The summed E-state index contributed by atoms with van der Waals surface area (Å²) >= 11 is 0. The van der Waals surface area contributed by atoms with Crippen molar-refractivity contribution in [2.24, 2.45) is 0 Å². The third-order valence-corrected chi connectivity index (χ3v) is 3.95. The maximum Gasteiger partial charge on any atom is 0.417 e. The Morgan fingerprint density at radius 1 is 0.852 bits per heavy atom. The average Bonchev–Trinajstić information content (AvgIpc) is 2.52. The van der Waals surface area contributed by atoms with Crippen molar-refractivity contribution in [2.45, 2.75) is 39.0 Å². The minimum absolute atomic E-state index is 0.147. The summed E-state index contributed by atoms with van der Waals surface area (Å²) in [5.41, 5.74) is -3.32. The predicted octanol–water partition coefficient (Wildman–Crippen LogP) is 6.47. The number of amides is 1. The number of benzene rings is 2. The molecule has 0 radical (unpaired) electrons. The van der Waals surface area contributed by atoms with Crippen LogP contribution in [0.4, 0.5) is 32.0 Å². The maximum absolute atomic E-state index is 13.5. The molecule has 146 valence electrons. The van der Waals surface area contributed by atoms with E-state index >= 15 is 0 Å². The molecule has 0 bridgehead atoms. The van der Waals surface area contributed by atoms with E-state index in [2.05, 4.69) is 5.32 Å². The van der Waals surface area contributed by atoms with Crippen LogP contribution in [0.1, 0.15) is 43.4 Å². The van der Waals surface area contributed by atoms with Crippen LogP contribution < -0.4 is 5.32 Å². The summed E-state index contributed by atoms with van der Waals surface area (Å²) < 4.78 is 81.0. The summed E-state index contributed by atoms with van der Waals surface area (Å²) in [7, 11) is 0. The Labute approximate surface area is 152 Å².